The molecule has 1 N–H and O–H groups in total. The molecule has 1 unspecified atom stereocenters. The van der Waals surface area contributed by atoms with Gasteiger partial charge in [-0.05, 0) is 44.0 Å². The molecule has 0 aliphatic heterocycles. The predicted octanol–water partition coefficient (Wildman–Crippen LogP) is 3.29. The van der Waals surface area contributed by atoms with E-state index in [4.69, 9.17) is 8.83 Å². The molecule has 2 aromatic heterocycles. The quantitative estimate of drug-likeness (QED) is 0.832. The summed E-state index contributed by atoms with van der Waals surface area (Å²) in [5, 5.41) is 3.45. The van der Waals surface area contributed by atoms with Crippen molar-refractivity contribution in [1.29, 1.82) is 0 Å². The van der Waals surface area contributed by atoms with Gasteiger partial charge in [-0.3, -0.25) is 0 Å². The lowest BCUT2D eigenvalue weighted by Crippen LogP contribution is -2.26. The average molecular weight is 233 g/mol. The molecule has 0 aliphatic carbocycles. The molecule has 0 fully saturated rings. The van der Waals surface area contributed by atoms with Crippen LogP contribution in [0.4, 0.5) is 0 Å². The first-order chi connectivity index (χ1) is 8.25. The minimum Gasteiger partial charge on any atom is -0.469 e. The lowest BCUT2D eigenvalue weighted by atomic mass is 10.1. The molecule has 2 heterocycles. The molecule has 3 nitrogen and oxygen atoms in total. The van der Waals surface area contributed by atoms with Gasteiger partial charge in [-0.2, -0.15) is 0 Å². The van der Waals surface area contributed by atoms with Gasteiger partial charge in [-0.1, -0.05) is 0 Å². The van der Waals surface area contributed by atoms with E-state index >= 15 is 0 Å². The van der Waals surface area contributed by atoms with Crippen molar-refractivity contribution in [1.82, 2.24) is 5.32 Å². The molecule has 0 saturated carbocycles. The van der Waals surface area contributed by atoms with Gasteiger partial charge in [0.1, 0.15) is 11.5 Å². The number of aryl methyl sites for hydroxylation is 2. The summed E-state index contributed by atoms with van der Waals surface area (Å²) in [5.41, 5.74) is 1.20. The number of nitrogens with one attached hydrogen (secondary N) is 1. The molecule has 17 heavy (non-hydrogen) atoms. The second kappa shape index (κ2) is 5.73. The fraction of sp³-hybridized carbons (Fsp3) is 0.429. The number of furan rings is 2. The third kappa shape index (κ3) is 3.49. The van der Waals surface area contributed by atoms with Crippen LogP contribution in [0.5, 0.6) is 0 Å². The zero-order valence-electron chi connectivity index (χ0n) is 10.4. The monoisotopic (exact) mass is 233 g/mol. The van der Waals surface area contributed by atoms with Crippen LogP contribution in [0.15, 0.2) is 39.6 Å². The number of rotatable bonds is 6. The molecule has 3 heteroatoms. The van der Waals surface area contributed by atoms with Gasteiger partial charge in [-0.15, -0.1) is 0 Å². The Bertz CT molecular complexity index is 431. The molecule has 92 valence electrons. The molecule has 2 rings (SSSR count). The van der Waals surface area contributed by atoms with E-state index < -0.39 is 0 Å². The fourth-order valence-electron chi connectivity index (χ4n) is 1.77. The molecule has 0 saturated heterocycles. The molecule has 0 radical (unpaired) electrons. The number of hydrogen-bond acceptors (Lipinski definition) is 3. The SMILES string of the molecule is Cc1ccoc1CNC(C)CCc1ccco1. The topological polar surface area (TPSA) is 38.3 Å². The van der Waals surface area contributed by atoms with Crippen LogP contribution in [0.1, 0.15) is 30.4 Å². The van der Waals surface area contributed by atoms with Crippen LogP contribution < -0.4 is 5.32 Å². The molecule has 0 aliphatic rings. The van der Waals surface area contributed by atoms with Crippen LogP contribution in [0.25, 0.3) is 0 Å². The van der Waals surface area contributed by atoms with E-state index in [0.717, 1.165) is 30.9 Å². The standard InChI is InChI=1S/C14H19NO2/c1-11-7-9-17-14(11)10-15-12(2)5-6-13-4-3-8-16-13/h3-4,7-9,12,15H,5-6,10H2,1-2H3. The van der Waals surface area contributed by atoms with Crippen molar-refractivity contribution in [3.63, 3.8) is 0 Å². The molecule has 0 bridgehead atoms. The maximum Gasteiger partial charge on any atom is 0.120 e. The Morgan fingerprint density at radius 2 is 2.12 bits per heavy atom. The molecule has 2 aromatic rings. The van der Waals surface area contributed by atoms with Gasteiger partial charge in [0.25, 0.3) is 0 Å². The van der Waals surface area contributed by atoms with Crippen molar-refractivity contribution in [3.05, 3.63) is 47.8 Å². The number of hydrogen-bond donors (Lipinski definition) is 1. The van der Waals surface area contributed by atoms with Crippen molar-refractivity contribution in [3.8, 4) is 0 Å². The Kier molecular flexibility index (Phi) is 4.04. The normalized spacial score (nSPS) is 12.8. The Balaban J connectivity index is 1.71. The average Bonchev–Trinajstić information content (AvgIpc) is 2.95. The Morgan fingerprint density at radius 1 is 1.24 bits per heavy atom. The van der Waals surface area contributed by atoms with Gasteiger partial charge in [0.05, 0.1) is 19.1 Å². The van der Waals surface area contributed by atoms with Crippen molar-refractivity contribution in [2.24, 2.45) is 0 Å². The minimum absolute atomic E-state index is 0.449. The first-order valence-electron chi connectivity index (χ1n) is 6.04. The third-order valence-electron chi connectivity index (χ3n) is 2.98. The summed E-state index contributed by atoms with van der Waals surface area (Å²) in [6, 6.07) is 6.39. The lowest BCUT2D eigenvalue weighted by Gasteiger charge is -2.12. The highest BCUT2D eigenvalue weighted by molar-refractivity contribution is 5.14. The third-order valence-corrected chi connectivity index (χ3v) is 2.98. The molecule has 1 atom stereocenters. The molecule has 0 amide bonds. The highest BCUT2D eigenvalue weighted by Crippen LogP contribution is 2.10. The van der Waals surface area contributed by atoms with E-state index in [9.17, 15) is 0 Å². The summed E-state index contributed by atoms with van der Waals surface area (Å²) in [5.74, 6) is 2.07. The van der Waals surface area contributed by atoms with E-state index in [1.807, 2.05) is 18.2 Å². The van der Waals surface area contributed by atoms with E-state index in [-0.39, 0.29) is 0 Å². The molecule has 0 spiro atoms. The molecular weight excluding hydrogens is 214 g/mol. The summed E-state index contributed by atoms with van der Waals surface area (Å²) in [4.78, 5) is 0. The van der Waals surface area contributed by atoms with Crippen LogP contribution in [-0.2, 0) is 13.0 Å². The largest absolute Gasteiger partial charge is 0.469 e. The Hall–Kier alpha value is -1.48. The molecular formula is C14H19NO2. The second-order valence-corrected chi connectivity index (χ2v) is 4.43. The Labute approximate surface area is 102 Å². The van der Waals surface area contributed by atoms with Crippen LogP contribution in [0.2, 0.25) is 0 Å². The minimum atomic E-state index is 0.449. The van der Waals surface area contributed by atoms with Crippen LogP contribution in [-0.4, -0.2) is 6.04 Å². The van der Waals surface area contributed by atoms with Gasteiger partial charge in [0.15, 0.2) is 0 Å². The van der Waals surface area contributed by atoms with Gasteiger partial charge in [0.2, 0.25) is 0 Å². The maximum atomic E-state index is 5.38. The van der Waals surface area contributed by atoms with Gasteiger partial charge in [0, 0.05) is 12.5 Å². The highest BCUT2D eigenvalue weighted by atomic mass is 16.3. The second-order valence-electron chi connectivity index (χ2n) is 4.43. The summed E-state index contributed by atoms with van der Waals surface area (Å²) in [6.07, 6.45) is 5.49. The zero-order chi connectivity index (χ0) is 12.1. The predicted molar refractivity (Wildman–Crippen MR) is 66.8 cm³/mol. The van der Waals surface area contributed by atoms with Crippen molar-refractivity contribution in [2.45, 2.75) is 39.3 Å². The van der Waals surface area contributed by atoms with Crippen LogP contribution in [0, 0.1) is 6.92 Å². The smallest absolute Gasteiger partial charge is 0.120 e. The van der Waals surface area contributed by atoms with Crippen molar-refractivity contribution >= 4 is 0 Å². The van der Waals surface area contributed by atoms with Crippen LogP contribution in [0.3, 0.4) is 0 Å². The summed E-state index contributed by atoms with van der Waals surface area (Å²) < 4.78 is 10.7. The lowest BCUT2D eigenvalue weighted by molar-refractivity contribution is 0.427. The van der Waals surface area contributed by atoms with Gasteiger partial charge in [-0.25, -0.2) is 0 Å². The highest BCUT2D eigenvalue weighted by Gasteiger charge is 2.06. The van der Waals surface area contributed by atoms with Gasteiger partial charge >= 0.3 is 0 Å². The summed E-state index contributed by atoms with van der Waals surface area (Å²) in [6.45, 7) is 5.04. The molecule has 0 aromatic carbocycles. The van der Waals surface area contributed by atoms with Crippen molar-refractivity contribution in [2.75, 3.05) is 0 Å². The maximum absolute atomic E-state index is 5.38. The van der Waals surface area contributed by atoms with Crippen molar-refractivity contribution < 1.29 is 8.83 Å². The van der Waals surface area contributed by atoms with E-state index in [1.54, 1.807) is 12.5 Å². The van der Waals surface area contributed by atoms with Gasteiger partial charge < -0.3 is 14.2 Å². The zero-order valence-corrected chi connectivity index (χ0v) is 10.4. The summed E-state index contributed by atoms with van der Waals surface area (Å²) in [7, 11) is 0. The van der Waals surface area contributed by atoms with E-state index in [2.05, 4.69) is 19.2 Å². The summed E-state index contributed by atoms with van der Waals surface area (Å²) >= 11 is 0. The first-order valence-corrected chi connectivity index (χ1v) is 6.04. The van der Waals surface area contributed by atoms with E-state index in [0.29, 0.717) is 6.04 Å². The first kappa shape index (κ1) is 12.0. The Morgan fingerprint density at radius 3 is 2.76 bits per heavy atom. The van der Waals surface area contributed by atoms with E-state index in [1.165, 1.54) is 5.56 Å². The fourth-order valence-corrected chi connectivity index (χ4v) is 1.77. The van der Waals surface area contributed by atoms with Crippen LogP contribution >= 0.6 is 0 Å².